The SMILES string of the molecule is C#CCN(C(=O)C(=C)F)C(C)(C)C.C#CCN(C)C(=O)C(=C)F.C#CCN(CC#C)C(=O)C(=C)F.C#CCN(CC=C)C(=O)C(=C)F.C=C(F)C(=O)N(CC(F)(F)F)CC(F)(F)F.C=C(F)C(=O)N(F)F.C=C(F)C(=O)N1CC=CC1.C=C(F)C(=O)N1CCCC1.C=C(F)C(=O)N1CCCCC1.C=C(F)C(=O)N1CCOCC1.C=CCN(C(=O)C(=C)F)C(C)(C)C.C=CCN(C)C(=O)C(=C)F.C=CCN(CC=C)C(=O)C(=C)F. The normalized spacial score (nSPS) is 11.8. The van der Waals surface area contributed by atoms with E-state index in [-0.39, 0.29) is 39.3 Å². The Morgan fingerprint density at radius 1 is 0.304 bits per heavy atom. The summed E-state index contributed by atoms with van der Waals surface area (Å²) >= 11 is 0. The average molecular weight is 2130 g/mol. The molecule has 4 aliphatic rings. The van der Waals surface area contributed by atoms with Crippen molar-refractivity contribution < 1.29 is 159 Å². The molecule has 0 N–H and O–H groups in total. The fourth-order valence-electron chi connectivity index (χ4n) is 9.67. The van der Waals surface area contributed by atoms with Crippen LogP contribution >= 0.6 is 0 Å². The van der Waals surface area contributed by atoms with Gasteiger partial charge in [-0.1, -0.05) is 167 Å². The van der Waals surface area contributed by atoms with Gasteiger partial charge in [0.25, 0.3) is 70.9 Å². The number of rotatable bonds is 30. The summed E-state index contributed by atoms with van der Waals surface area (Å²) in [7, 11) is 2.89. The van der Waals surface area contributed by atoms with Gasteiger partial charge in [-0.2, -0.15) is 26.3 Å². The van der Waals surface area contributed by atoms with Crippen LogP contribution in [0.25, 0.3) is 0 Å². The number of carbonyl (C=O) groups is 13. The first-order chi connectivity index (χ1) is 68.0. The summed E-state index contributed by atoms with van der Waals surface area (Å²) in [5.74, 6) is -14.3. The maximum atomic E-state index is 12.6. The molecule has 0 aliphatic carbocycles. The van der Waals surface area contributed by atoms with Crippen LogP contribution in [-0.4, -0.2) is 323 Å². The molecule has 0 saturated carbocycles. The van der Waals surface area contributed by atoms with E-state index in [0.29, 0.717) is 91.8 Å². The first-order valence-corrected chi connectivity index (χ1v) is 42.2. The summed E-state index contributed by atoms with van der Waals surface area (Å²) in [5, 5.41) is -1.87. The largest absolute Gasteiger partial charge is 0.406 e. The molecule has 4 heterocycles. The van der Waals surface area contributed by atoms with Crippen LogP contribution in [0.5, 0.6) is 0 Å². The molecule has 4 aliphatic heterocycles. The number of alkyl halides is 6. The van der Waals surface area contributed by atoms with Crippen molar-refractivity contribution >= 4 is 76.8 Å². The second-order valence-corrected chi connectivity index (χ2v) is 30.6. The van der Waals surface area contributed by atoms with Crippen molar-refractivity contribution in [2.45, 2.75) is 97.1 Å². The fourth-order valence-corrected chi connectivity index (χ4v) is 9.67. The number of carbonyl (C=O) groups excluding carboxylic acids is 13. The number of hydrogen-bond donors (Lipinski definition) is 0. The molecule has 0 radical (unpaired) electrons. The van der Waals surface area contributed by atoms with E-state index < -0.39 is 199 Å². The molecule has 0 bridgehead atoms. The van der Waals surface area contributed by atoms with Gasteiger partial charge in [-0.05, 0) is 73.6 Å². The van der Waals surface area contributed by atoms with Crippen molar-refractivity contribution in [2.24, 2.45) is 0 Å². The smallest absolute Gasteiger partial charge is 0.378 e. The lowest BCUT2D eigenvalue weighted by atomic mass is 10.1. The summed E-state index contributed by atoms with van der Waals surface area (Å²) in [6.45, 7) is 67.7. The first-order valence-electron chi connectivity index (χ1n) is 42.2. The zero-order chi connectivity index (χ0) is 118. The zero-order valence-electron chi connectivity index (χ0n) is 83.7. The van der Waals surface area contributed by atoms with Gasteiger partial charge >= 0.3 is 18.3 Å². The zero-order valence-corrected chi connectivity index (χ0v) is 83.7. The molecule has 27 nitrogen and oxygen atoms in total. The predicted molar refractivity (Wildman–Crippen MR) is 523 cm³/mol. The number of morpholine rings is 1. The van der Waals surface area contributed by atoms with Crippen LogP contribution in [0, 0.1) is 61.7 Å². The van der Waals surface area contributed by atoms with E-state index in [9.17, 15) is 155 Å². The van der Waals surface area contributed by atoms with Gasteiger partial charge in [0.1, 0.15) is 13.1 Å². The van der Waals surface area contributed by atoms with E-state index in [2.05, 4.69) is 148 Å². The highest BCUT2D eigenvalue weighted by Gasteiger charge is 2.41. The lowest BCUT2D eigenvalue weighted by Crippen LogP contribution is -2.45. The van der Waals surface area contributed by atoms with E-state index in [0.717, 1.165) is 46.8 Å². The Balaban J connectivity index is -0.000000203. The van der Waals surface area contributed by atoms with Crippen molar-refractivity contribution in [3.63, 3.8) is 0 Å². The van der Waals surface area contributed by atoms with Crippen LogP contribution in [0.2, 0.25) is 0 Å². The summed E-state index contributed by atoms with van der Waals surface area (Å²) in [5.41, 5.74) is -0.904. The van der Waals surface area contributed by atoms with Crippen LogP contribution < -0.4 is 0 Å². The molecule has 4 rings (SSSR count). The third-order valence-electron chi connectivity index (χ3n) is 16.5. The van der Waals surface area contributed by atoms with Crippen molar-refractivity contribution in [1.82, 2.24) is 64.1 Å². The molecule has 0 spiro atoms. The Bertz CT molecular complexity index is 4750. The van der Waals surface area contributed by atoms with E-state index in [1.807, 2.05) is 32.9 Å². The van der Waals surface area contributed by atoms with Crippen LogP contribution in [0.15, 0.2) is 237 Å². The number of hydrogen-bond acceptors (Lipinski definition) is 14. The van der Waals surface area contributed by atoms with E-state index in [4.69, 9.17) is 36.9 Å². The Morgan fingerprint density at radius 3 is 0.818 bits per heavy atom. The summed E-state index contributed by atoms with van der Waals surface area (Å²) in [4.78, 5) is 154. The van der Waals surface area contributed by atoms with Gasteiger partial charge in [-0.25, -0.2) is 57.1 Å². The molecular weight excluding hydrogens is 2010 g/mol. The standard InChI is InChI=1S/C10H16FNO.C10H14FNO.C9H12FNO.C9H10FNO.C9H8FNO.C8H12FNO.C7H6F7NO.C7H10FNO2.C7H10FNO.C7H8FNO.C7H10FNO.C7H8FNO.C3H2F3NO/c2*1-6-7-12(10(3,4)5)9(13)8(2)11;3*1-4-6-11(7-5-2)9(12)8(3)10;1-7(9)8(11)10-5-3-2-4-6-10;1-4(8)5(16)15(2-6(9,10)11)3-7(12,13)14;1-6(8)7(10)9-2-4-11-5-3-9;2*1-6(8)7(10)9-4-2-3-5-9;2*1-4-5-9(3)7(10)6(2)8;1-2(4)3(8)7(5)6/h6H,1-2,7H2,3-5H3;1H,2,7H2,3-5H3;4-5H,1-3,6-7H2;1,5H,2-3,6-7H2;1-2H,3,6-7H2;1-6H2;1-3H2;1-5H2;1-5H2;2-3H,1,4-5H2;4H,1-2,5H2,3H3;1H,2,5H2,3H3;1H2. The molecule has 0 aromatic rings. The number of nitrogens with zero attached hydrogens (tertiary/aromatic N) is 13. The van der Waals surface area contributed by atoms with Crippen LogP contribution in [0.4, 0.5) is 92.4 Å². The summed E-state index contributed by atoms with van der Waals surface area (Å²) in [6, 6.07) is 0. The maximum Gasteiger partial charge on any atom is 0.406 e. The van der Waals surface area contributed by atoms with E-state index >= 15 is 0 Å². The van der Waals surface area contributed by atoms with Crippen molar-refractivity contribution in [3.05, 3.63) is 237 Å². The summed E-state index contributed by atoms with van der Waals surface area (Å²) in [6.07, 6.45) is 31.0. The molecular formula is C100H126F21N13O14. The van der Waals surface area contributed by atoms with Gasteiger partial charge in [-0.3, -0.25) is 62.3 Å². The van der Waals surface area contributed by atoms with E-state index in [1.54, 1.807) is 26.8 Å². The van der Waals surface area contributed by atoms with Gasteiger partial charge in [-0.15, -0.1) is 65.0 Å². The lowest BCUT2D eigenvalue weighted by Gasteiger charge is -2.34. The maximum absolute atomic E-state index is 12.6. The number of ether oxygens (including phenoxy) is 1. The topological polar surface area (TPSA) is 273 Å². The Morgan fingerprint density at radius 2 is 0.554 bits per heavy atom. The average Bonchev–Trinajstić information content (AvgIpc) is 1.11. The molecule has 3 saturated heterocycles. The first kappa shape index (κ1) is 150. The van der Waals surface area contributed by atoms with Gasteiger partial charge in [0.15, 0.2) is 75.7 Å². The lowest BCUT2D eigenvalue weighted by molar-refractivity contribution is -0.186. The predicted octanol–water partition coefficient (Wildman–Crippen LogP) is 16.3. The molecule has 0 aromatic carbocycles. The van der Waals surface area contributed by atoms with Crippen molar-refractivity contribution in [2.75, 3.05) is 158 Å². The Labute approximate surface area is 850 Å². The number of piperidine rings is 1. The molecule has 0 unspecified atom stereocenters. The fraction of sp³-hybridized carbons (Fsp3) is 0.390. The highest BCUT2D eigenvalue weighted by molar-refractivity contribution is 5.96. The molecule has 48 heteroatoms. The van der Waals surface area contributed by atoms with Gasteiger partial charge in [0, 0.05) is 116 Å². The molecule has 822 valence electrons. The van der Waals surface area contributed by atoms with Gasteiger partial charge < -0.3 is 63.5 Å². The summed E-state index contributed by atoms with van der Waals surface area (Å²) < 4.78 is 256. The van der Waals surface area contributed by atoms with Crippen LogP contribution in [-0.2, 0) is 67.1 Å². The minimum Gasteiger partial charge on any atom is -0.378 e. The monoisotopic (exact) mass is 2130 g/mol. The minimum atomic E-state index is -5.05. The highest BCUT2D eigenvalue weighted by atomic mass is 19.4. The quantitative estimate of drug-likeness (QED) is 0.0213. The number of halogens is 21. The second kappa shape index (κ2) is 81.7. The van der Waals surface area contributed by atoms with Crippen molar-refractivity contribution in [3.8, 4) is 61.7 Å². The third kappa shape index (κ3) is 75.2. The van der Waals surface area contributed by atoms with Gasteiger partial charge in [0.05, 0.1) is 45.9 Å². The molecule has 13 amide bonds. The number of terminal acetylenes is 5. The number of likely N-dealkylation sites (N-methyl/N-ethyl adjacent to an activating group) is 2. The molecule has 0 atom stereocenters. The molecule has 148 heavy (non-hydrogen) atoms. The second-order valence-electron chi connectivity index (χ2n) is 30.6. The molecule has 3 fully saturated rings. The molecule has 0 aromatic heterocycles. The van der Waals surface area contributed by atoms with E-state index in [1.165, 1.54) is 77.6 Å². The number of amides is 13. The van der Waals surface area contributed by atoms with Crippen LogP contribution in [0.1, 0.15) is 73.6 Å². The number of likely N-dealkylation sites (tertiary alicyclic amines) is 2. The van der Waals surface area contributed by atoms with Crippen molar-refractivity contribution in [1.29, 1.82) is 0 Å². The minimum absolute atomic E-state index is 0.00796. The van der Waals surface area contributed by atoms with Crippen LogP contribution in [0.3, 0.4) is 0 Å². The third-order valence-corrected chi connectivity index (χ3v) is 16.5. The Hall–Kier alpha value is -15.5. The Kier molecular flexibility index (Phi) is 82.9. The highest BCUT2D eigenvalue weighted by Crippen LogP contribution is 2.25. The van der Waals surface area contributed by atoms with Gasteiger partial charge in [0.2, 0.25) is 0 Å².